The lowest BCUT2D eigenvalue weighted by Gasteiger charge is -2.37. The number of ether oxygens (including phenoxy) is 1. The highest BCUT2D eigenvalue weighted by atomic mass is 32.2. The van der Waals surface area contributed by atoms with Gasteiger partial charge in [-0.25, -0.2) is 19.1 Å². The number of halogens is 1. The number of nitrogens with two attached hydrogens (primary N) is 1. The summed E-state index contributed by atoms with van der Waals surface area (Å²) in [6.45, 7) is 10.3. The quantitative estimate of drug-likeness (QED) is 0.391. The predicted molar refractivity (Wildman–Crippen MR) is 153 cm³/mol. The number of carbonyl (C=O) groups excluding carboxylic acids is 1. The summed E-state index contributed by atoms with van der Waals surface area (Å²) in [7, 11) is 2.23. The van der Waals surface area contributed by atoms with Crippen molar-refractivity contribution in [3.8, 4) is 17.0 Å². The van der Waals surface area contributed by atoms with Crippen molar-refractivity contribution >= 4 is 35.4 Å². The van der Waals surface area contributed by atoms with E-state index in [9.17, 15) is 17.6 Å². The number of amides is 1. The molecule has 0 saturated carbocycles. The molecule has 0 aliphatic carbocycles. The minimum Gasteiger partial charge on any atom is -0.493 e. The number of sulfonamides is 1. The van der Waals surface area contributed by atoms with Gasteiger partial charge in [0.05, 0.1) is 25.7 Å². The minimum absolute atomic E-state index is 0.00681. The Kier molecular flexibility index (Phi) is 8.12. The smallest absolute Gasteiger partial charge is 0.281 e. The highest BCUT2D eigenvalue weighted by Gasteiger charge is 2.43. The van der Waals surface area contributed by atoms with E-state index >= 15 is 0 Å². The SMILES string of the molecule is [B]C1[C@@H](C)CC(C)(C)N1c1nc(-c2cc(F)cc(OCC(C)C)c2)ccc1C(=O)NS(=O)(=O)c1cccc(N)n1. The Bertz CT molecular complexity index is 1530. The van der Waals surface area contributed by atoms with Gasteiger partial charge >= 0.3 is 0 Å². The molecule has 210 valence electrons. The first kappa shape index (κ1) is 29.3. The minimum atomic E-state index is -4.34. The van der Waals surface area contributed by atoms with E-state index in [0.717, 1.165) is 0 Å². The van der Waals surface area contributed by atoms with E-state index in [1.54, 1.807) is 6.07 Å². The first-order valence-electron chi connectivity index (χ1n) is 13.0. The van der Waals surface area contributed by atoms with Crippen molar-refractivity contribution in [3.63, 3.8) is 0 Å². The topological polar surface area (TPSA) is 128 Å². The zero-order chi connectivity index (χ0) is 29.4. The lowest BCUT2D eigenvalue weighted by Crippen LogP contribution is -2.46. The number of nitrogens with zero attached hydrogens (tertiary/aromatic N) is 3. The van der Waals surface area contributed by atoms with Gasteiger partial charge < -0.3 is 15.4 Å². The number of nitrogen functional groups attached to an aromatic ring is 1. The molecule has 0 bridgehead atoms. The van der Waals surface area contributed by atoms with Crippen LogP contribution in [-0.4, -0.2) is 50.2 Å². The summed E-state index contributed by atoms with van der Waals surface area (Å²) in [5, 5.41) is -0.396. The van der Waals surface area contributed by atoms with Gasteiger partial charge in [-0.2, -0.15) is 8.42 Å². The van der Waals surface area contributed by atoms with Crippen LogP contribution in [0, 0.1) is 17.7 Å². The second-order valence-corrected chi connectivity index (χ2v) is 12.8. The summed E-state index contributed by atoms with van der Waals surface area (Å²) in [6, 6.07) is 11.4. The van der Waals surface area contributed by atoms with Gasteiger partial charge in [-0.1, -0.05) is 26.8 Å². The number of hydrogen-bond acceptors (Lipinski definition) is 8. The standard InChI is InChI=1S/C28H33BFN5O4S/c1-16(2)15-39-20-12-18(11-19(30)13-20)22-10-9-21(26(32-22)35-25(29)17(3)14-28(35,4)5)27(36)34-40(37,38)24-8-6-7-23(31)33-24/h6-13,16-17,25H,14-15H2,1-5H3,(H2,31,33)(H,34,36)/t17-,25?/m0/s1. The van der Waals surface area contributed by atoms with E-state index in [0.29, 0.717) is 30.0 Å². The van der Waals surface area contributed by atoms with E-state index in [-0.39, 0.29) is 29.0 Å². The van der Waals surface area contributed by atoms with E-state index in [1.807, 2.05) is 39.5 Å². The summed E-state index contributed by atoms with van der Waals surface area (Å²) in [5.41, 5.74) is 5.91. The van der Waals surface area contributed by atoms with Crippen LogP contribution >= 0.6 is 0 Å². The molecule has 40 heavy (non-hydrogen) atoms. The van der Waals surface area contributed by atoms with Crippen molar-refractivity contribution in [1.82, 2.24) is 14.7 Å². The molecule has 1 aromatic carbocycles. The molecule has 3 N–H and O–H groups in total. The number of anilines is 2. The molecule has 1 saturated heterocycles. The fourth-order valence-corrected chi connectivity index (χ4v) is 5.87. The van der Waals surface area contributed by atoms with Gasteiger partial charge in [0.25, 0.3) is 15.9 Å². The maximum absolute atomic E-state index is 14.6. The first-order chi connectivity index (χ1) is 18.7. The zero-order valence-electron chi connectivity index (χ0n) is 23.2. The Morgan fingerprint density at radius 2 is 1.95 bits per heavy atom. The van der Waals surface area contributed by atoms with Crippen LogP contribution in [0.5, 0.6) is 5.75 Å². The van der Waals surface area contributed by atoms with Crippen LogP contribution in [0.3, 0.4) is 0 Å². The summed E-state index contributed by atoms with van der Waals surface area (Å²) in [4.78, 5) is 23.8. The average Bonchev–Trinajstić information content (AvgIpc) is 3.07. The molecule has 1 fully saturated rings. The summed E-state index contributed by atoms with van der Waals surface area (Å²) < 4.78 is 48.3. The van der Waals surface area contributed by atoms with Gasteiger partial charge in [0, 0.05) is 17.2 Å². The molecule has 1 amide bonds. The lowest BCUT2D eigenvalue weighted by atomic mass is 9.85. The van der Waals surface area contributed by atoms with Crippen LogP contribution in [0.25, 0.3) is 11.3 Å². The van der Waals surface area contributed by atoms with Crippen molar-refractivity contribution in [3.05, 3.63) is 59.9 Å². The number of carbonyl (C=O) groups is 1. The Morgan fingerprint density at radius 3 is 2.58 bits per heavy atom. The maximum Gasteiger partial charge on any atom is 0.281 e. The van der Waals surface area contributed by atoms with Crippen LogP contribution < -0.4 is 20.1 Å². The highest BCUT2D eigenvalue weighted by Crippen LogP contribution is 2.41. The van der Waals surface area contributed by atoms with Gasteiger partial charge in [0.2, 0.25) is 0 Å². The van der Waals surface area contributed by atoms with Crippen LogP contribution in [0.4, 0.5) is 16.0 Å². The Labute approximate surface area is 235 Å². The van der Waals surface area contributed by atoms with Crippen molar-refractivity contribution < 1.29 is 22.3 Å². The van der Waals surface area contributed by atoms with E-state index in [4.69, 9.17) is 23.3 Å². The highest BCUT2D eigenvalue weighted by molar-refractivity contribution is 7.90. The molecule has 0 spiro atoms. The van der Waals surface area contributed by atoms with Gasteiger partial charge in [0.1, 0.15) is 23.2 Å². The third-order valence-electron chi connectivity index (χ3n) is 6.70. The molecule has 3 aromatic rings. The van der Waals surface area contributed by atoms with Crippen LogP contribution in [0.2, 0.25) is 0 Å². The molecular weight excluding hydrogens is 532 g/mol. The van der Waals surface area contributed by atoms with Gasteiger partial charge in [-0.3, -0.25) is 4.79 Å². The van der Waals surface area contributed by atoms with Gasteiger partial charge in [-0.05, 0) is 74.4 Å². The van der Waals surface area contributed by atoms with Crippen molar-refractivity contribution in [2.75, 3.05) is 17.2 Å². The lowest BCUT2D eigenvalue weighted by molar-refractivity contribution is 0.0981. The second-order valence-electron chi connectivity index (χ2n) is 11.1. The van der Waals surface area contributed by atoms with Gasteiger partial charge in [-0.15, -0.1) is 0 Å². The molecule has 2 atom stereocenters. The second kappa shape index (κ2) is 11.1. The summed E-state index contributed by atoms with van der Waals surface area (Å²) in [6.07, 6.45) is 0.708. The third-order valence-corrected chi connectivity index (χ3v) is 7.93. The van der Waals surface area contributed by atoms with E-state index in [2.05, 4.69) is 9.71 Å². The number of rotatable bonds is 8. The molecule has 1 unspecified atom stereocenters. The first-order valence-corrected chi connectivity index (χ1v) is 14.5. The molecule has 1 aliphatic rings. The normalized spacial score (nSPS) is 18.6. The van der Waals surface area contributed by atoms with Crippen molar-refractivity contribution in [2.24, 2.45) is 11.8 Å². The zero-order valence-corrected chi connectivity index (χ0v) is 24.0. The number of pyridine rings is 2. The number of benzene rings is 1. The molecule has 2 radical (unpaired) electrons. The Balaban J connectivity index is 1.80. The summed E-state index contributed by atoms with van der Waals surface area (Å²) in [5.74, 6) is -1.10. The van der Waals surface area contributed by atoms with Crippen molar-refractivity contribution in [1.29, 1.82) is 0 Å². The molecule has 9 nitrogen and oxygen atoms in total. The maximum atomic E-state index is 14.6. The molecular formula is C28H33BFN5O4S. The Morgan fingerprint density at radius 1 is 1.23 bits per heavy atom. The molecule has 3 heterocycles. The van der Waals surface area contributed by atoms with E-state index in [1.165, 1.54) is 42.5 Å². The van der Waals surface area contributed by atoms with Crippen molar-refractivity contribution in [2.45, 2.75) is 57.5 Å². The monoisotopic (exact) mass is 565 g/mol. The molecule has 4 rings (SSSR count). The van der Waals surface area contributed by atoms with Crippen LogP contribution in [-0.2, 0) is 10.0 Å². The third kappa shape index (κ3) is 6.22. The number of hydrogen-bond donors (Lipinski definition) is 2. The number of nitrogens with one attached hydrogen (secondary N) is 1. The largest absolute Gasteiger partial charge is 0.493 e. The average molecular weight is 565 g/mol. The van der Waals surface area contributed by atoms with Crippen LogP contribution in [0.1, 0.15) is 51.4 Å². The summed E-state index contributed by atoms with van der Waals surface area (Å²) >= 11 is 0. The fourth-order valence-electron chi connectivity index (χ4n) is 4.93. The predicted octanol–water partition coefficient (Wildman–Crippen LogP) is 4.14. The number of aromatic nitrogens is 2. The van der Waals surface area contributed by atoms with Gasteiger partial charge in [0.15, 0.2) is 5.03 Å². The molecule has 1 aliphatic heterocycles. The molecule has 12 heteroatoms. The fraction of sp³-hybridized carbons (Fsp3) is 0.393. The van der Waals surface area contributed by atoms with Crippen LogP contribution in [0.15, 0.2) is 53.6 Å². The van der Waals surface area contributed by atoms with E-state index < -0.39 is 38.3 Å². The Hall–Kier alpha value is -3.67. The molecule has 2 aromatic heterocycles.